The zero-order valence-corrected chi connectivity index (χ0v) is 11.0. The Morgan fingerprint density at radius 3 is 2.62 bits per heavy atom. The summed E-state index contributed by atoms with van der Waals surface area (Å²) in [5.41, 5.74) is 7.25. The van der Waals surface area contributed by atoms with Crippen LogP contribution >= 0.6 is 0 Å². The lowest BCUT2D eigenvalue weighted by atomic mass is 10.1. The van der Waals surface area contributed by atoms with Crippen LogP contribution in [0.4, 0.5) is 10.1 Å². The summed E-state index contributed by atoms with van der Waals surface area (Å²) in [7, 11) is 0. The van der Waals surface area contributed by atoms with Gasteiger partial charge in [-0.3, -0.25) is 4.79 Å². The van der Waals surface area contributed by atoms with Crippen LogP contribution in [0.25, 0.3) is 11.0 Å². The van der Waals surface area contributed by atoms with Gasteiger partial charge in [0, 0.05) is 5.69 Å². The third kappa shape index (κ3) is 2.43. The molecule has 3 N–H and O–H groups in total. The predicted octanol–water partition coefficient (Wildman–Crippen LogP) is 1.93. The van der Waals surface area contributed by atoms with E-state index in [9.17, 15) is 14.0 Å². The van der Waals surface area contributed by atoms with Crippen molar-refractivity contribution in [2.75, 3.05) is 5.73 Å². The Bertz CT molecular complexity index is 878. The molecule has 0 saturated carbocycles. The maximum absolute atomic E-state index is 12.9. The normalized spacial score (nSPS) is 10.9. The second-order valence-corrected chi connectivity index (χ2v) is 4.74. The number of anilines is 1. The molecule has 2 aromatic carbocycles. The van der Waals surface area contributed by atoms with Crippen molar-refractivity contribution in [2.45, 2.75) is 6.42 Å². The predicted molar refractivity (Wildman–Crippen MR) is 77.7 cm³/mol. The Hall–Kier alpha value is -2.89. The number of aromatic nitrogens is 2. The molecule has 0 aliphatic carbocycles. The van der Waals surface area contributed by atoms with Gasteiger partial charge in [-0.2, -0.15) is 0 Å². The molecule has 0 aliphatic heterocycles. The maximum Gasteiger partial charge on any atom is 0.333 e. The van der Waals surface area contributed by atoms with Crippen molar-refractivity contribution < 1.29 is 9.18 Å². The number of nitrogen functional groups attached to an aromatic ring is 1. The van der Waals surface area contributed by atoms with Gasteiger partial charge in [-0.25, -0.2) is 13.8 Å². The lowest BCUT2D eigenvalue weighted by Crippen LogP contribution is -2.25. The number of halogens is 1. The standard InChI is InChI=1S/C15H12FN3O2/c16-10-3-1-9(2-4-10)7-14(20)19-13-8-11(17)5-6-12(13)18-15(19)21/h1-6,8H,7,17H2,(H,18,21). The Kier molecular flexibility index (Phi) is 3.06. The van der Waals surface area contributed by atoms with Crippen molar-refractivity contribution in [1.29, 1.82) is 0 Å². The monoisotopic (exact) mass is 285 g/mol. The summed E-state index contributed by atoms with van der Waals surface area (Å²) in [4.78, 5) is 26.8. The zero-order chi connectivity index (χ0) is 15.0. The number of aromatic amines is 1. The van der Waals surface area contributed by atoms with Crippen molar-refractivity contribution in [2.24, 2.45) is 0 Å². The van der Waals surface area contributed by atoms with E-state index < -0.39 is 11.6 Å². The molecular weight excluding hydrogens is 273 g/mol. The van der Waals surface area contributed by atoms with Gasteiger partial charge >= 0.3 is 5.69 Å². The topological polar surface area (TPSA) is 80.9 Å². The molecule has 1 heterocycles. The molecule has 0 bridgehead atoms. The van der Waals surface area contributed by atoms with Crippen molar-refractivity contribution in [3.63, 3.8) is 0 Å². The van der Waals surface area contributed by atoms with E-state index in [0.29, 0.717) is 22.3 Å². The number of hydrogen-bond donors (Lipinski definition) is 2. The first kappa shape index (κ1) is 13.1. The number of nitrogens with two attached hydrogens (primary N) is 1. The number of rotatable bonds is 2. The number of carbonyl (C=O) groups excluding carboxylic acids is 1. The van der Waals surface area contributed by atoms with E-state index in [2.05, 4.69) is 4.98 Å². The van der Waals surface area contributed by atoms with Crippen LogP contribution in [0.15, 0.2) is 47.3 Å². The number of H-pyrrole nitrogens is 1. The molecule has 6 heteroatoms. The minimum absolute atomic E-state index is 0.00192. The maximum atomic E-state index is 12.9. The Balaban J connectivity index is 2.01. The molecule has 3 rings (SSSR count). The fourth-order valence-corrected chi connectivity index (χ4v) is 2.22. The molecule has 0 radical (unpaired) electrons. The third-order valence-corrected chi connectivity index (χ3v) is 3.23. The molecule has 21 heavy (non-hydrogen) atoms. The van der Waals surface area contributed by atoms with Gasteiger partial charge in [-0.05, 0) is 35.9 Å². The number of benzene rings is 2. The molecular formula is C15H12FN3O2. The SMILES string of the molecule is Nc1ccc2[nH]c(=O)n(C(=O)Cc3ccc(F)cc3)c2c1. The van der Waals surface area contributed by atoms with Gasteiger partial charge < -0.3 is 10.7 Å². The zero-order valence-electron chi connectivity index (χ0n) is 11.0. The molecule has 0 saturated heterocycles. The molecule has 0 spiro atoms. The van der Waals surface area contributed by atoms with Crippen LogP contribution in [0.3, 0.4) is 0 Å². The van der Waals surface area contributed by atoms with Crippen LogP contribution in [-0.2, 0) is 6.42 Å². The molecule has 0 aliphatic rings. The van der Waals surface area contributed by atoms with Crippen molar-refractivity contribution in [3.8, 4) is 0 Å². The van der Waals surface area contributed by atoms with Gasteiger partial charge in [0.2, 0.25) is 5.91 Å². The number of imidazole rings is 1. The summed E-state index contributed by atoms with van der Waals surface area (Å²) in [6.45, 7) is 0. The van der Waals surface area contributed by atoms with E-state index in [4.69, 9.17) is 5.73 Å². The highest BCUT2D eigenvalue weighted by molar-refractivity contribution is 5.92. The summed E-state index contributed by atoms with van der Waals surface area (Å²) in [6.07, 6.45) is 0.00192. The Morgan fingerprint density at radius 1 is 1.19 bits per heavy atom. The number of fused-ring (bicyclic) bond motifs is 1. The highest BCUT2D eigenvalue weighted by Crippen LogP contribution is 2.15. The van der Waals surface area contributed by atoms with Gasteiger partial charge in [-0.15, -0.1) is 0 Å². The van der Waals surface area contributed by atoms with Crippen LogP contribution in [-0.4, -0.2) is 15.5 Å². The molecule has 0 unspecified atom stereocenters. The van der Waals surface area contributed by atoms with E-state index in [0.717, 1.165) is 4.57 Å². The first-order valence-corrected chi connectivity index (χ1v) is 6.32. The van der Waals surface area contributed by atoms with Crippen LogP contribution in [0.5, 0.6) is 0 Å². The number of carbonyl (C=O) groups is 1. The molecule has 1 aromatic heterocycles. The van der Waals surface area contributed by atoms with Crippen LogP contribution in [0.1, 0.15) is 10.4 Å². The fourth-order valence-electron chi connectivity index (χ4n) is 2.22. The largest absolute Gasteiger partial charge is 0.399 e. The van der Waals surface area contributed by atoms with Crippen LogP contribution in [0, 0.1) is 5.82 Å². The summed E-state index contributed by atoms with van der Waals surface area (Å²) < 4.78 is 13.9. The molecule has 0 atom stereocenters. The summed E-state index contributed by atoms with van der Waals surface area (Å²) in [5, 5.41) is 0. The van der Waals surface area contributed by atoms with Gasteiger partial charge in [0.1, 0.15) is 5.82 Å². The molecule has 5 nitrogen and oxygen atoms in total. The first-order chi connectivity index (χ1) is 10.0. The summed E-state index contributed by atoms with van der Waals surface area (Å²) in [6, 6.07) is 10.4. The minimum Gasteiger partial charge on any atom is -0.399 e. The molecule has 0 amide bonds. The second-order valence-electron chi connectivity index (χ2n) is 4.74. The third-order valence-electron chi connectivity index (χ3n) is 3.23. The number of nitrogens with zero attached hydrogens (tertiary/aromatic N) is 1. The van der Waals surface area contributed by atoms with Crippen LogP contribution < -0.4 is 11.4 Å². The average Bonchev–Trinajstić information content (AvgIpc) is 2.76. The summed E-state index contributed by atoms with van der Waals surface area (Å²) >= 11 is 0. The Labute approximate surface area is 118 Å². The van der Waals surface area contributed by atoms with Crippen LogP contribution in [0.2, 0.25) is 0 Å². The second kappa shape index (κ2) is 4.90. The highest BCUT2D eigenvalue weighted by Gasteiger charge is 2.14. The van der Waals surface area contributed by atoms with Crippen molar-refractivity contribution in [3.05, 3.63) is 64.3 Å². The van der Waals surface area contributed by atoms with Gasteiger partial charge in [-0.1, -0.05) is 12.1 Å². The van der Waals surface area contributed by atoms with Crippen molar-refractivity contribution in [1.82, 2.24) is 9.55 Å². The van der Waals surface area contributed by atoms with Gasteiger partial charge in [0.15, 0.2) is 0 Å². The van der Waals surface area contributed by atoms with E-state index in [1.807, 2.05) is 0 Å². The number of hydrogen-bond acceptors (Lipinski definition) is 3. The molecule has 106 valence electrons. The molecule has 0 fully saturated rings. The number of nitrogens with one attached hydrogen (secondary N) is 1. The molecule has 3 aromatic rings. The van der Waals surface area contributed by atoms with Crippen molar-refractivity contribution >= 4 is 22.6 Å². The first-order valence-electron chi connectivity index (χ1n) is 6.32. The summed E-state index contributed by atoms with van der Waals surface area (Å²) in [5.74, 6) is -0.772. The van der Waals surface area contributed by atoms with E-state index in [-0.39, 0.29) is 12.2 Å². The van der Waals surface area contributed by atoms with Gasteiger partial charge in [0.05, 0.1) is 17.5 Å². The minimum atomic E-state index is -0.511. The lowest BCUT2D eigenvalue weighted by molar-refractivity contribution is 0.0915. The quantitative estimate of drug-likeness (QED) is 0.706. The van der Waals surface area contributed by atoms with E-state index >= 15 is 0 Å². The van der Waals surface area contributed by atoms with E-state index in [1.54, 1.807) is 18.2 Å². The van der Waals surface area contributed by atoms with Gasteiger partial charge in [0.25, 0.3) is 0 Å². The smallest absolute Gasteiger partial charge is 0.333 e. The Morgan fingerprint density at radius 2 is 1.90 bits per heavy atom. The highest BCUT2D eigenvalue weighted by atomic mass is 19.1. The fraction of sp³-hybridized carbons (Fsp3) is 0.0667. The van der Waals surface area contributed by atoms with E-state index in [1.165, 1.54) is 24.3 Å². The average molecular weight is 285 g/mol. The lowest BCUT2D eigenvalue weighted by Gasteiger charge is -2.03.